The molecule has 0 spiro atoms. The first-order valence-electron chi connectivity index (χ1n) is 4.60. The van der Waals surface area contributed by atoms with E-state index in [0.29, 0.717) is 0 Å². The second kappa shape index (κ2) is 4.54. The van der Waals surface area contributed by atoms with Gasteiger partial charge in [0.05, 0.1) is 0 Å². The van der Waals surface area contributed by atoms with Crippen LogP contribution >= 0.6 is 0 Å². The molecule has 1 aliphatic carbocycles. The lowest BCUT2D eigenvalue weighted by atomic mass is 10.2. The van der Waals surface area contributed by atoms with Gasteiger partial charge in [0, 0.05) is 0 Å². The molecule has 1 saturated carbocycles. The number of hydrogen-bond donors (Lipinski definition) is 0. The van der Waals surface area contributed by atoms with E-state index < -0.39 is 0 Å². The molecule has 0 aromatic carbocycles. The minimum absolute atomic E-state index is 0.974. The van der Waals surface area contributed by atoms with Crippen LogP contribution in [0.25, 0.3) is 0 Å². The quantitative estimate of drug-likeness (QED) is 0.402. The summed E-state index contributed by atoms with van der Waals surface area (Å²) in [6.07, 6.45) is 13.1. The molecule has 58 valence electrons. The van der Waals surface area contributed by atoms with Crippen LogP contribution in [0.15, 0.2) is 12.2 Å². The van der Waals surface area contributed by atoms with Crippen molar-refractivity contribution in [2.75, 3.05) is 0 Å². The van der Waals surface area contributed by atoms with E-state index in [4.69, 9.17) is 0 Å². The lowest BCUT2D eigenvalue weighted by molar-refractivity contribution is 0.727. The summed E-state index contributed by atoms with van der Waals surface area (Å²) in [5.74, 6) is 0.974. The van der Waals surface area contributed by atoms with E-state index in [1.165, 1.54) is 38.5 Å². The summed E-state index contributed by atoms with van der Waals surface area (Å²) in [6.45, 7) is 2.25. The Morgan fingerprint density at radius 1 is 1.30 bits per heavy atom. The van der Waals surface area contributed by atoms with Crippen molar-refractivity contribution in [2.24, 2.45) is 5.92 Å². The topological polar surface area (TPSA) is 0 Å². The highest BCUT2D eigenvalue weighted by atomic mass is 14.2. The molecule has 0 radical (unpaired) electrons. The average molecular weight is 138 g/mol. The van der Waals surface area contributed by atoms with E-state index in [2.05, 4.69) is 19.1 Å². The standard InChI is InChI=1S/C10H18/c1-2-3-4-5-6-7-10-8-9-10/h6-7,10H,2-5,8-9H2,1H3. The van der Waals surface area contributed by atoms with Crippen LogP contribution < -0.4 is 0 Å². The molecule has 1 fully saturated rings. The molecular formula is C10H18. The monoisotopic (exact) mass is 138 g/mol. The third kappa shape index (κ3) is 3.71. The van der Waals surface area contributed by atoms with Crippen molar-refractivity contribution in [2.45, 2.75) is 45.4 Å². The molecule has 0 bridgehead atoms. The van der Waals surface area contributed by atoms with E-state index >= 15 is 0 Å². The predicted octanol–water partition coefficient (Wildman–Crippen LogP) is 3.53. The third-order valence-electron chi connectivity index (χ3n) is 2.00. The molecule has 0 atom stereocenters. The van der Waals surface area contributed by atoms with E-state index in [1.54, 1.807) is 0 Å². The van der Waals surface area contributed by atoms with Gasteiger partial charge < -0.3 is 0 Å². The maximum Gasteiger partial charge on any atom is -0.0233 e. The second-order valence-corrected chi connectivity index (χ2v) is 3.26. The van der Waals surface area contributed by atoms with Gasteiger partial charge in [0.15, 0.2) is 0 Å². The van der Waals surface area contributed by atoms with E-state index in [0.717, 1.165) is 5.92 Å². The summed E-state index contributed by atoms with van der Waals surface area (Å²) in [4.78, 5) is 0. The Labute approximate surface area is 64.3 Å². The van der Waals surface area contributed by atoms with Gasteiger partial charge in [-0.3, -0.25) is 0 Å². The first-order valence-corrected chi connectivity index (χ1v) is 4.60. The van der Waals surface area contributed by atoms with Gasteiger partial charge in [-0.1, -0.05) is 31.9 Å². The van der Waals surface area contributed by atoms with E-state index in [9.17, 15) is 0 Å². The summed E-state index contributed by atoms with van der Waals surface area (Å²) in [5.41, 5.74) is 0. The van der Waals surface area contributed by atoms with Crippen LogP contribution in [0.1, 0.15) is 45.4 Å². The summed E-state index contributed by atoms with van der Waals surface area (Å²) in [7, 11) is 0. The fraction of sp³-hybridized carbons (Fsp3) is 0.800. The molecule has 0 amide bonds. The molecule has 1 rings (SSSR count). The molecule has 0 N–H and O–H groups in total. The van der Waals surface area contributed by atoms with Crippen molar-refractivity contribution < 1.29 is 0 Å². The number of hydrogen-bond acceptors (Lipinski definition) is 0. The van der Waals surface area contributed by atoms with Gasteiger partial charge in [0.25, 0.3) is 0 Å². The second-order valence-electron chi connectivity index (χ2n) is 3.26. The number of rotatable bonds is 5. The smallest absolute Gasteiger partial charge is 0.0233 e. The molecule has 1 aliphatic rings. The first-order chi connectivity index (χ1) is 4.93. The normalized spacial score (nSPS) is 18.5. The zero-order valence-electron chi connectivity index (χ0n) is 6.97. The minimum atomic E-state index is 0.974. The molecule has 0 aromatic rings. The summed E-state index contributed by atoms with van der Waals surface area (Å²) < 4.78 is 0. The summed E-state index contributed by atoms with van der Waals surface area (Å²) >= 11 is 0. The van der Waals surface area contributed by atoms with Crippen molar-refractivity contribution in [1.82, 2.24) is 0 Å². The van der Waals surface area contributed by atoms with Crippen LogP contribution in [-0.4, -0.2) is 0 Å². The Balaban J connectivity index is 1.83. The fourth-order valence-corrected chi connectivity index (χ4v) is 1.09. The SMILES string of the molecule is CCCCCC=CC1CC1. The van der Waals surface area contributed by atoms with Gasteiger partial charge in [-0.05, 0) is 31.6 Å². The highest BCUT2D eigenvalue weighted by Gasteiger charge is 2.16. The predicted molar refractivity (Wildman–Crippen MR) is 46.0 cm³/mol. The lowest BCUT2D eigenvalue weighted by Crippen LogP contribution is -1.71. The van der Waals surface area contributed by atoms with Gasteiger partial charge in [-0.15, -0.1) is 0 Å². The van der Waals surface area contributed by atoms with Crippen LogP contribution in [-0.2, 0) is 0 Å². The van der Waals surface area contributed by atoms with Crippen LogP contribution in [0.4, 0.5) is 0 Å². The van der Waals surface area contributed by atoms with Crippen molar-refractivity contribution in [3.05, 3.63) is 12.2 Å². The lowest BCUT2D eigenvalue weighted by Gasteiger charge is -1.90. The van der Waals surface area contributed by atoms with Crippen molar-refractivity contribution in [1.29, 1.82) is 0 Å². The zero-order chi connectivity index (χ0) is 7.23. The highest BCUT2D eigenvalue weighted by molar-refractivity contribution is 4.95. The summed E-state index contributed by atoms with van der Waals surface area (Å²) in [5, 5.41) is 0. The third-order valence-corrected chi connectivity index (χ3v) is 2.00. The van der Waals surface area contributed by atoms with E-state index in [1.807, 2.05) is 0 Å². The Morgan fingerprint density at radius 3 is 2.70 bits per heavy atom. The minimum Gasteiger partial charge on any atom is -0.0883 e. The van der Waals surface area contributed by atoms with Crippen molar-refractivity contribution in [3.8, 4) is 0 Å². The molecular weight excluding hydrogens is 120 g/mol. The molecule has 0 heterocycles. The zero-order valence-corrected chi connectivity index (χ0v) is 6.97. The Bertz CT molecular complexity index is 98.6. The number of allylic oxidation sites excluding steroid dienone is 2. The fourth-order valence-electron chi connectivity index (χ4n) is 1.09. The maximum absolute atomic E-state index is 2.40. The molecule has 0 saturated heterocycles. The maximum atomic E-state index is 2.40. The number of unbranched alkanes of at least 4 members (excludes halogenated alkanes) is 3. The van der Waals surface area contributed by atoms with Gasteiger partial charge in [-0.25, -0.2) is 0 Å². The van der Waals surface area contributed by atoms with Gasteiger partial charge >= 0.3 is 0 Å². The van der Waals surface area contributed by atoms with E-state index in [-0.39, 0.29) is 0 Å². The van der Waals surface area contributed by atoms with Crippen molar-refractivity contribution in [3.63, 3.8) is 0 Å². The van der Waals surface area contributed by atoms with Crippen molar-refractivity contribution >= 4 is 0 Å². The van der Waals surface area contributed by atoms with Crippen LogP contribution in [0.5, 0.6) is 0 Å². The van der Waals surface area contributed by atoms with Gasteiger partial charge in [-0.2, -0.15) is 0 Å². The molecule has 0 aliphatic heterocycles. The Morgan fingerprint density at radius 2 is 2.10 bits per heavy atom. The summed E-state index contributed by atoms with van der Waals surface area (Å²) in [6, 6.07) is 0. The molecule has 0 unspecified atom stereocenters. The van der Waals surface area contributed by atoms with Gasteiger partial charge in [0.2, 0.25) is 0 Å². The average Bonchev–Trinajstić information content (AvgIpc) is 2.71. The van der Waals surface area contributed by atoms with Crippen LogP contribution in [0.2, 0.25) is 0 Å². The van der Waals surface area contributed by atoms with Gasteiger partial charge in [0.1, 0.15) is 0 Å². The first kappa shape index (κ1) is 7.84. The molecule has 0 nitrogen and oxygen atoms in total. The highest BCUT2D eigenvalue weighted by Crippen LogP contribution is 2.30. The van der Waals surface area contributed by atoms with Crippen LogP contribution in [0, 0.1) is 5.92 Å². The van der Waals surface area contributed by atoms with Crippen LogP contribution in [0.3, 0.4) is 0 Å². The molecule has 10 heavy (non-hydrogen) atoms. The Hall–Kier alpha value is -0.260. The molecule has 0 heteroatoms. The molecule has 0 aromatic heterocycles. The largest absolute Gasteiger partial charge is 0.0883 e. The Kier molecular flexibility index (Phi) is 3.56.